The van der Waals surface area contributed by atoms with E-state index in [1.807, 2.05) is 44.2 Å². The number of nitrogens with zero attached hydrogens (tertiary/aromatic N) is 1. The monoisotopic (exact) mass is 241 g/mol. The van der Waals surface area contributed by atoms with Gasteiger partial charge in [0.2, 0.25) is 0 Å². The molecular formula is C16H19NO. The summed E-state index contributed by atoms with van der Waals surface area (Å²) < 4.78 is 0. The third-order valence-corrected chi connectivity index (χ3v) is 3.73. The maximum absolute atomic E-state index is 12.3. The van der Waals surface area contributed by atoms with E-state index < -0.39 is 0 Å². The van der Waals surface area contributed by atoms with Crippen LogP contribution in [0.4, 0.5) is 0 Å². The van der Waals surface area contributed by atoms with Crippen LogP contribution in [0.5, 0.6) is 0 Å². The first-order valence-electron chi connectivity index (χ1n) is 6.40. The molecule has 1 aromatic carbocycles. The summed E-state index contributed by atoms with van der Waals surface area (Å²) in [7, 11) is 0. The SMILES string of the molecule is CCC(C)(C)C(=O)Cc1ccnc2ccccc12. The lowest BCUT2D eigenvalue weighted by Crippen LogP contribution is -2.25. The van der Waals surface area contributed by atoms with Gasteiger partial charge in [-0.1, -0.05) is 39.0 Å². The van der Waals surface area contributed by atoms with Crippen LogP contribution in [-0.2, 0) is 11.2 Å². The van der Waals surface area contributed by atoms with Gasteiger partial charge in [-0.25, -0.2) is 0 Å². The molecule has 0 N–H and O–H groups in total. The minimum atomic E-state index is -0.246. The number of hydrogen-bond acceptors (Lipinski definition) is 2. The van der Waals surface area contributed by atoms with Gasteiger partial charge in [0.25, 0.3) is 0 Å². The van der Waals surface area contributed by atoms with Crippen LogP contribution in [0.25, 0.3) is 10.9 Å². The van der Waals surface area contributed by atoms with Gasteiger partial charge < -0.3 is 0 Å². The van der Waals surface area contributed by atoms with Crippen LogP contribution >= 0.6 is 0 Å². The molecular weight excluding hydrogens is 222 g/mol. The summed E-state index contributed by atoms with van der Waals surface area (Å²) in [6, 6.07) is 9.92. The van der Waals surface area contributed by atoms with Gasteiger partial charge in [-0.15, -0.1) is 0 Å². The molecule has 2 rings (SSSR count). The maximum atomic E-state index is 12.3. The van der Waals surface area contributed by atoms with Gasteiger partial charge in [-0.05, 0) is 24.1 Å². The molecule has 0 aliphatic rings. The first-order valence-corrected chi connectivity index (χ1v) is 6.40. The van der Waals surface area contributed by atoms with Crippen LogP contribution in [-0.4, -0.2) is 10.8 Å². The van der Waals surface area contributed by atoms with E-state index in [2.05, 4.69) is 11.9 Å². The molecule has 0 unspecified atom stereocenters. The fraction of sp³-hybridized carbons (Fsp3) is 0.375. The van der Waals surface area contributed by atoms with Crippen molar-refractivity contribution in [1.82, 2.24) is 4.98 Å². The zero-order valence-electron chi connectivity index (χ0n) is 11.2. The second kappa shape index (κ2) is 4.89. The Balaban J connectivity index is 2.36. The quantitative estimate of drug-likeness (QED) is 0.815. The van der Waals surface area contributed by atoms with Crippen LogP contribution < -0.4 is 0 Å². The van der Waals surface area contributed by atoms with Crippen molar-refractivity contribution < 1.29 is 4.79 Å². The van der Waals surface area contributed by atoms with Gasteiger partial charge in [0, 0.05) is 23.4 Å². The average molecular weight is 241 g/mol. The highest BCUT2D eigenvalue weighted by atomic mass is 16.1. The summed E-state index contributed by atoms with van der Waals surface area (Å²) in [4.78, 5) is 16.6. The maximum Gasteiger partial charge on any atom is 0.142 e. The molecule has 0 saturated carbocycles. The van der Waals surface area contributed by atoms with E-state index in [1.165, 1.54) is 0 Å². The molecule has 0 atom stereocenters. The van der Waals surface area contributed by atoms with E-state index in [0.29, 0.717) is 12.2 Å². The summed E-state index contributed by atoms with van der Waals surface area (Å²) >= 11 is 0. The number of fused-ring (bicyclic) bond motifs is 1. The summed E-state index contributed by atoms with van der Waals surface area (Å²) in [5.41, 5.74) is 1.79. The molecule has 18 heavy (non-hydrogen) atoms. The Hall–Kier alpha value is -1.70. The highest BCUT2D eigenvalue weighted by Gasteiger charge is 2.25. The molecule has 0 amide bonds. The van der Waals surface area contributed by atoms with Crippen LogP contribution in [0.1, 0.15) is 32.8 Å². The highest BCUT2D eigenvalue weighted by Crippen LogP contribution is 2.25. The number of hydrogen-bond donors (Lipinski definition) is 0. The molecule has 0 spiro atoms. The van der Waals surface area contributed by atoms with E-state index in [9.17, 15) is 4.79 Å². The van der Waals surface area contributed by atoms with Crippen molar-refractivity contribution in [3.8, 4) is 0 Å². The van der Waals surface area contributed by atoms with Crippen LogP contribution in [0.15, 0.2) is 36.5 Å². The third kappa shape index (κ3) is 2.42. The molecule has 94 valence electrons. The number of ketones is 1. The first kappa shape index (κ1) is 12.7. The van der Waals surface area contributed by atoms with Crippen LogP contribution in [0.2, 0.25) is 0 Å². The molecule has 0 radical (unpaired) electrons. The second-order valence-corrected chi connectivity index (χ2v) is 5.32. The average Bonchev–Trinajstić information content (AvgIpc) is 2.39. The van der Waals surface area contributed by atoms with Gasteiger partial charge in [0.1, 0.15) is 5.78 Å². The molecule has 0 bridgehead atoms. The molecule has 2 nitrogen and oxygen atoms in total. The molecule has 2 heteroatoms. The van der Waals surface area contributed by atoms with Crippen molar-refractivity contribution in [3.63, 3.8) is 0 Å². The minimum Gasteiger partial charge on any atom is -0.299 e. The zero-order valence-corrected chi connectivity index (χ0v) is 11.2. The Bertz CT molecular complexity index is 567. The molecule has 1 aromatic heterocycles. The second-order valence-electron chi connectivity index (χ2n) is 5.32. The summed E-state index contributed by atoms with van der Waals surface area (Å²) in [5, 5.41) is 1.08. The van der Waals surface area contributed by atoms with E-state index in [1.54, 1.807) is 6.20 Å². The minimum absolute atomic E-state index is 0.246. The normalized spacial score (nSPS) is 11.7. The van der Waals surface area contributed by atoms with Gasteiger partial charge in [-0.2, -0.15) is 0 Å². The lowest BCUT2D eigenvalue weighted by atomic mass is 9.82. The molecule has 0 aliphatic carbocycles. The van der Waals surface area contributed by atoms with Gasteiger partial charge >= 0.3 is 0 Å². The van der Waals surface area contributed by atoms with Crippen molar-refractivity contribution in [2.45, 2.75) is 33.6 Å². The molecule has 2 aromatic rings. The zero-order chi connectivity index (χ0) is 13.2. The number of para-hydroxylation sites is 1. The fourth-order valence-corrected chi connectivity index (χ4v) is 1.92. The van der Waals surface area contributed by atoms with E-state index >= 15 is 0 Å². The Morgan fingerprint density at radius 1 is 1.22 bits per heavy atom. The molecule has 0 saturated heterocycles. The lowest BCUT2D eigenvalue weighted by molar-refractivity contribution is -0.126. The van der Waals surface area contributed by atoms with Crippen molar-refractivity contribution in [3.05, 3.63) is 42.1 Å². The van der Waals surface area contributed by atoms with Gasteiger partial charge in [-0.3, -0.25) is 9.78 Å². The molecule has 0 fully saturated rings. The Labute approximate surface area is 108 Å². The number of Topliss-reactive ketones (excluding diaryl/α,β-unsaturated/α-hetero) is 1. The van der Waals surface area contributed by atoms with Crippen molar-refractivity contribution >= 4 is 16.7 Å². The van der Waals surface area contributed by atoms with E-state index in [-0.39, 0.29) is 5.41 Å². The number of pyridine rings is 1. The highest BCUT2D eigenvalue weighted by molar-refractivity contribution is 5.91. The van der Waals surface area contributed by atoms with Crippen molar-refractivity contribution in [2.75, 3.05) is 0 Å². The summed E-state index contributed by atoms with van der Waals surface area (Å²) in [5.74, 6) is 0.293. The van der Waals surface area contributed by atoms with Crippen molar-refractivity contribution in [1.29, 1.82) is 0 Å². The number of rotatable bonds is 4. The largest absolute Gasteiger partial charge is 0.299 e. The smallest absolute Gasteiger partial charge is 0.142 e. The Morgan fingerprint density at radius 3 is 2.67 bits per heavy atom. The van der Waals surface area contributed by atoms with Gasteiger partial charge in [0.15, 0.2) is 0 Å². The third-order valence-electron chi connectivity index (χ3n) is 3.73. The number of benzene rings is 1. The summed E-state index contributed by atoms with van der Waals surface area (Å²) in [6.45, 7) is 6.08. The van der Waals surface area contributed by atoms with Crippen LogP contribution in [0, 0.1) is 5.41 Å². The van der Waals surface area contributed by atoms with E-state index in [0.717, 1.165) is 22.9 Å². The molecule has 0 aliphatic heterocycles. The predicted octanol–water partition coefficient (Wildman–Crippen LogP) is 3.78. The Kier molecular flexibility index (Phi) is 3.46. The topological polar surface area (TPSA) is 30.0 Å². The van der Waals surface area contributed by atoms with Crippen molar-refractivity contribution in [2.24, 2.45) is 5.41 Å². The predicted molar refractivity (Wildman–Crippen MR) is 74.5 cm³/mol. The number of aromatic nitrogens is 1. The van der Waals surface area contributed by atoms with Gasteiger partial charge in [0.05, 0.1) is 5.52 Å². The standard InChI is InChI=1S/C16H19NO/c1-4-16(2,3)15(18)11-12-9-10-17-14-8-6-5-7-13(12)14/h5-10H,4,11H2,1-3H3. The van der Waals surface area contributed by atoms with E-state index in [4.69, 9.17) is 0 Å². The lowest BCUT2D eigenvalue weighted by Gasteiger charge is -2.21. The van der Waals surface area contributed by atoms with Crippen LogP contribution in [0.3, 0.4) is 0 Å². The number of carbonyl (C=O) groups excluding carboxylic acids is 1. The molecule has 1 heterocycles. The Morgan fingerprint density at radius 2 is 1.94 bits per heavy atom. The fourth-order valence-electron chi connectivity index (χ4n) is 1.92. The first-order chi connectivity index (χ1) is 8.54. The number of carbonyl (C=O) groups is 1. The summed E-state index contributed by atoms with van der Waals surface area (Å²) in [6.07, 6.45) is 3.14.